The molecule has 3 heteroatoms. The van der Waals surface area contributed by atoms with Crippen LogP contribution in [-0.4, -0.2) is 23.3 Å². The Morgan fingerprint density at radius 1 is 0.944 bits per heavy atom. The van der Waals surface area contributed by atoms with Crippen LogP contribution in [0.3, 0.4) is 0 Å². The molecular weight excluding hydrogens is 228 g/mol. The third-order valence-corrected chi connectivity index (χ3v) is 2.74. The summed E-state index contributed by atoms with van der Waals surface area (Å²) >= 11 is 0. The van der Waals surface area contributed by atoms with Gasteiger partial charge in [0.15, 0.2) is 0 Å². The van der Waals surface area contributed by atoms with Gasteiger partial charge in [-0.15, -0.1) is 0 Å². The molecule has 1 aromatic carbocycles. The van der Waals surface area contributed by atoms with Gasteiger partial charge in [-0.25, -0.2) is 0 Å². The number of rotatable bonds is 2. The molecule has 0 heterocycles. The lowest BCUT2D eigenvalue weighted by Gasteiger charge is -2.05. The first-order valence-electron chi connectivity index (χ1n) is 6.57. The van der Waals surface area contributed by atoms with Crippen LogP contribution < -0.4 is 0 Å². The van der Waals surface area contributed by atoms with Crippen molar-refractivity contribution in [3.8, 4) is 0 Å². The Morgan fingerprint density at radius 2 is 1.33 bits per heavy atom. The fourth-order valence-electron chi connectivity index (χ4n) is 1.83. The molecule has 0 aliphatic heterocycles. The summed E-state index contributed by atoms with van der Waals surface area (Å²) in [7, 11) is 0. The summed E-state index contributed by atoms with van der Waals surface area (Å²) in [5.41, 5.74) is 1.19. The molecule has 0 unspecified atom stereocenters. The van der Waals surface area contributed by atoms with E-state index in [4.69, 9.17) is 15.0 Å². The van der Waals surface area contributed by atoms with Crippen molar-refractivity contribution in [2.24, 2.45) is 0 Å². The molecule has 0 spiro atoms. The molecule has 0 amide bonds. The highest BCUT2D eigenvalue weighted by molar-refractivity contribution is 5.32. The molecule has 2 N–H and O–H groups in total. The maximum atomic E-state index is 8.52. The van der Waals surface area contributed by atoms with E-state index in [0.29, 0.717) is 0 Å². The van der Waals surface area contributed by atoms with E-state index in [9.17, 15) is 0 Å². The minimum absolute atomic E-state index is 0.240. The van der Waals surface area contributed by atoms with Gasteiger partial charge in [0.25, 0.3) is 6.47 Å². The summed E-state index contributed by atoms with van der Waals surface area (Å²) in [5.74, 6) is 0. The van der Waals surface area contributed by atoms with E-state index in [0.717, 1.165) is 6.42 Å². The van der Waals surface area contributed by atoms with Crippen LogP contribution in [0.2, 0.25) is 0 Å². The monoisotopic (exact) mass is 252 g/mol. The molecule has 102 valence electrons. The van der Waals surface area contributed by atoms with Crippen LogP contribution in [0.25, 0.3) is 0 Å². The summed E-state index contributed by atoms with van der Waals surface area (Å²) in [6.07, 6.45) is 9.76. The second-order valence-corrected chi connectivity index (χ2v) is 4.19. The van der Waals surface area contributed by atoms with Gasteiger partial charge in [-0.05, 0) is 12.0 Å². The molecule has 0 atom stereocenters. The topological polar surface area (TPSA) is 57.5 Å². The number of carbonyl (C=O) groups is 1. The van der Waals surface area contributed by atoms with Gasteiger partial charge in [0.05, 0.1) is 0 Å². The van der Waals surface area contributed by atoms with Gasteiger partial charge >= 0.3 is 0 Å². The van der Waals surface area contributed by atoms with Gasteiger partial charge in [-0.2, -0.15) is 0 Å². The SMILES string of the molecule is C1CCCCC1.O=CO.OCCc1ccccc1. The lowest BCUT2D eigenvalue weighted by molar-refractivity contribution is -0.122. The van der Waals surface area contributed by atoms with E-state index in [1.54, 1.807) is 0 Å². The summed E-state index contributed by atoms with van der Waals surface area (Å²) in [6, 6.07) is 9.95. The number of hydrogen-bond acceptors (Lipinski definition) is 2. The highest BCUT2D eigenvalue weighted by Gasteiger charge is 1.95. The second kappa shape index (κ2) is 13.7. The fraction of sp³-hybridized carbons (Fsp3) is 0.533. The maximum absolute atomic E-state index is 8.52. The summed E-state index contributed by atoms with van der Waals surface area (Å²) in [5, 5.41) is 15.4. The predicted octanol–water partition coefficient (Wildman–Crippen LogP) is 3.26. The van der Waals surface area contributed by atoms with Gasteiger partial charge in [0.2, 0.25) is 0 Å². The first kappa shape index (κ1) is 16.6. The Balaban J connectivity index is 0.000000278. The number of hydrogen-bond donors (Lipinski definition) is 2. The van der Waals surface area contributed by atoms with E-state index in [1.807, 2.05) is 30.3 Å². The summed E-state index contributed by atoms with van der Waals surface area (Å²) in [6.45, 7) is -0.00991. The number of aliphatic hydroxyl groups excluding tert-OH is 1. The zero-order chi connectivity index (χ0) is 13.5. The predicted molar refractivity (Wildman–Crippen MR) is 73.6 cm³/mol. The normalized spacial score (nSPS) is 13.4. The molecule has 1 aliphatic carbocycles. The smallest absolute Gasteiger partial charge is 0.290 e. The summed E-state index contributed by atoms with van der Waals surface area (Å²) < 4.78 is 0. The molecule has 1 fully saturated rings. The summed E-state index contributed by atoms with van der Waals surface area (Å²) in [4.78, 5) is 8.36. The van der Waals surface area contributed by atoms with Crippen LogP contribution in [0.1, 0.15) is 44.1 Å². The van der Waals surface area contributed by atoms with Crippen molar-refractivity contribution < 1.29 is 15.0 Å². The van der Waals surface area contributed by atoms with E-state index in [2.05, 4.69) is 0 Å². The Morgan fingerprint density at radius 3 is 1.67 bits per heavy atom. The van der Waals surface area contributed by atoms with Crippen LogP contribution >= 0.6 is 0 Å². The molecule has 1 saturated carbocycles. The van der Waals surface area contributed by atoms with Gasteiger partial charge < -0.3 is 10.2 Å². The molecular formula is C15H24O3. The van der Waals surface area contributed by atoms with E-state index in [1.165, 1.54) is 44.1 Å². The van der Waals surface area contributed by atoms with Gasteiger partial charge in [-0.1, -0.05) is 68.9 Å². The van der Waals surface area contributed by atoms with Crippen molar-refractivity contribution in [3.63, 3.8) is 0 Å². The van der Waals surface area contributed by atoms with Crippen molar-refractivity contribution in [2.75, 3.05) is 6.61 Å². The first-order chi connectivity index (χ1) is 8.85. The lowest BCUT2D eigenvalue weighted by atomic mass is 10.0. The van der Waals surface area contributed by atoms with E-state index < -0.39 is 0 Å². The third kappa shape index (κ3) is 11.1. The maximum Gasteiger partial charge on any atom is 0.290 e. The van der Waals surface area contributed by atoms with Crippen LogP contribution in [-0.2, 0) is 11.2 Å². The molecule has 3 nitrogen and oxygen atoms in total. The molecule has 1 aromatic rings. The van der Waals surface area contributed by atoms with Crippen LogP contribution in [0.4, 0.5) is 0 Å². The highest BCUT2D eigenvalue weighted by Crippen LogP contribution is 2.15. The van der Waals surface area contributed by atoms with Crippen molar-refractivity contribution in [3.05, 3.63) is 35.9 Å². The average molecular weight is 252 g/mol. The zero-order valence-corrected chi connectivity index (χ0v) is 10.9. The van der Waals surface area contributed by atoms with Crippen molar-refractivity contribution in [1.29, 1.82) is 0 Å². The van der Waals surface area contributed by atoms with Crippen molar-refractivity contribution in [2.45, 2.75) is 44.9 Å². The molecule has 1 aliphatic rings. The first-order valence-corrected chi connectivity index (χ1v) is 6.57. The molecule has 0 aromatic heterocycles. The van der Waals surface area contributed by atoms with Gasteiger partial charge in [-0.3, -0.25) is 4.79 Å². The van der Waals surface area contributed by atoms with Crippen molar-refractivity contribution in [1.82, 2.24) is 0 Å². The molecule has 0 radical (unpaired) electrons. The van der Waals surface area contributed by atoms with Crippen LogP contribution in [0.5, 0.6) is 0 Å². The van der Waals surface area contributed by atoms with Gasteiger partial charge in [0, 0.05) is 6.61 Å². The lowest BCUT2D eigenvalue weighted by Crippen LogP contribution is -1.88. The largest absolute Gasteiger partial charge is 0.483 e. The van der Waals surface area contributed by atoms with Crippen LogP contribution in [0.15, 0.2) is 30.3 Å². The number of aliphatic hydroxyl groups is 1. The Bertz CT molecular complexity index is 257. The number of carboxylic acid groups (broad SMARTS) is 1. The highest BCUT2D eigenvalue weighted by atomic mass is 16.3. The molecule has 2 rings (SSSR count). The molecule has 18 heavy (non-hydrogen) atoms. The molecule has 0 saturated heterocycles. The van der Waals surface area contributed by atoms with Gasteiger partial charge in [0.1, 0.15) is 0 Å². The van der Waals surface area contributed by atoms with Crippen LogP contribution in [0, 0.1) is 0 Å². The molecule has 0 bridgehead atoms. The Kier molecular flexibility index (Phi) is 12.7. The van der Waals surface area contributed by atoms with Crippen molar-refractivity contribution >= 4 is 6.47 Å². The zero-order valence-electron chi connectivity index (χ0n) is 10.9. The minimum Gasteiger partial charge on any atom is -0.483 e. The standard InChI is InChI=1S/C8H10O.C6H12.CH2O2/c9-7-6-8-4-2-1-3-5-8;1-2-4-6-5-3-1;2-1-3/h1-5,9H,6-7H2;1-6H2;1H,(H,2,3). The Labute approximate surface area is 109 Å². The second-order valence-electron chi connectivity index (χ2n) is 4.19. The number of benzene rings is 1. The average Bonchev–Trinajstić information content (AvgIpc) is 2.44. The fourth-order valence-corrected chi connectivity index (χ4v) is 1.83. The van der Waals surface area contributed by atoms with E-state index >= 15 is 0 Å². The Hall–Kier alpha value is -1.35. The minimum atomic E-state index is -0.250. The van der Waals surface area contributed by atoms with E-state index in [-0.39, 0.29) is 13.1 Å². The quantitative estimate of drug-likeness (QED) is 0.794. The third-order valence-electron chi connectivity index (χ3n) is 2.74.